The predicted octanol–water partition coefficient (Wildman–Crippen LogP) is 1.58. The number of amides is 1. The molecule has 0 aliphatic carbocycles. The number of aromatic nitrogens is 2. The zero-order valence-corrected chi connectivity index (χ0v) is 14.5. The summed E-state index contributed by atoms with van der Waals surface area (Å²) in [5, 5.41) is 7.23. The molecule has 3 rings (SSSR count). The molecule has 1 N–H and O–H groups in total. The number of carbonyl (C=O) groups excluding carboxylic acids is 1. The molecule has 3 aromatic rings. The average Bonchev–Trinajstić information content (AvgIpc) is 2.58. The molecule has 0 fully saturated rings. The highest BCUT2D eigenvalue weighted by atomic mass is 32.2. The second kappa shape index (κ2) is 6.68. The van der Waals surface area contributed by atoms with E-state index in [4.69, 9.17) is 0 Å². The molecule has 1 amide bonds. The summed E-state index contributed by atoms with van der Waals surface area (Å²) in [6, 6.07) is 9.88. The Morgan fingerprint density at radius 2 is 1.96 bits per heavy atom. The number of anilines is 1. The van der Waals surface area contributed by atoms with Gasteiger partial charge in [0.2, 0.25) is 5.91 Å². The number of halogens is 1. The topological polar surface area (TPSA) is 98.1 Å². The Hall–Kier alpha value is -3.07. The maximum absolute atomic E-state index is 13.9. The highest BCUT2D eigenvalue weighted by Gasteiger charge is 2.14. The van der Waals surface area contributed by atoms with E-state index in [2.05, 4.69) is 10.4 Å². The molecule has 0 aliphatic rings. The molecule has 1 heterocycles. The summed E-state index contributed by atoms with van der Waals surface area (Å²) in [6.45, 7) is -0.438. The van der Waals surface area contributed by atoms with Gasteiger partial charge in [0, 0.05) is 11.6 Å². The van der Waals surface area contributed by atoms with Crippen LogP contribution in [0.5, 0.6) is 0 Å². The van der Waals surface area contributed by atoms with Gasteiger partial charge in [0.05, 0.1) is 22.2 Å². The van der Waals surface area contributed by atoms with E-state index in [1.807, 2.05) is 0 Å². The minimum absolute atomic E-state index is 0.129. The Labute approximate surface area is 148 Å². The average molecular weight is 375 g/mol. The fourth-order valence-corrected chi connectivity index (χ4v) is 3.04. The third-order valence-corrected chi connectivity index (χ3v) is 4.81. The zero-order valence-electron chi connectivity index (χ0n) is 13.6. The number of rotatable bonds is 4. The highest BCUT2D eigenvalue weighted by molar-refractivity contribution is 7.90. The number of fused-ring (bicyclic) bond motifs is 1. The second-order valence-electron chi connectivity index (χ2n) is 5.66. The van der Waals surface area contributed by atoms with E-state index in [9.17, 15) is 22.4 Å². The summed E-state index contributed by atoms with van der Waals surface area (Å²) < 4.78 is 37.9. The molecule has 0 radical (unpaired) electrons. The molecule has 0 unspecified atom stereocenters. The van der Waals surface area contributed by atoms with Crippen molar-refractivity contribution >= 4 is 32.2 Å². The summed E-state index contributed by atoms with van der Waals surface area (Å²) in [5.74, 6) is -1.50. The van der Waals surface area contributed by atoms with Gasteiger partial charge in [-0.1, -0.05) is 18.2 Å². The van der Waals surface area contributed by atoms with Crippen molar-refractivity contribution in [2.45, 2.75) is 11.4 Å². The van der Waals surface area contributed by atoms with Gasteiger partial charge in [0.15, 0.2) is 9.84 Å². The fraction of sp³-hybridized carbons (Fsp3) is 0.118. The zero-order chi connectivity index (χ0) is 18.9. The van der Waals surface area contributed by atoms with E-state index in [-0.39, 0.29) is 10.6 Å². The van der Waals surface area contributed by atoms with Crippen molar-refractivity contribution < 1.29 is 17.6 Å². The summed E-state index contributed by atoms with van der Waals surface area (Å²) in [7, 11) is -3.55. The van der Waals surface area contributed by atoms with Crippen LogP contribution >= 0.6 is 0 Å². The molecule has 9 heteroatoms. The lowest BCUT2D eigenvalue weighted by Gasteiger charge is -2.09. The smallest absolute Gasteiger partial charge is 0.275 e. The van der Waals surface area contributed by atoms with Crippen LogP contribution in [0.3, 0.4) is 0 Å². The first-order chi connectivity index (χ1) is 12.3. The Morgan fingerprint density at radius 3 is 2.69 bits per heavy atom. The van der Waals surface area contributed by atoms with Crippen molar-refractivity contribution in [1.29, 1.82) is 0 Å². The first-order valence-corrected chi connectivity index (χ1v) is 9.39. The van der Waals surface area contributed by atoms with Crippen molar-refractivity contribution in [2.75, 3.05) is 11.6 Å². The van der Waals surface area contributed by atoms with Crippen LogP contribution in [0.4, 0.5) is 10.1 Å². The fourth-order valence-electron chi connectivity index (χ4n) is 2.40. The quantitative estimate of drug-likeness (QED) is 0.698. The molecular weight excluding hydrogens is 361 g/mol. The van der Waals surface area contributed by atoms with Gasteiger partial charge in [0.25, 0.3) is 5.56 Å². The van der Waals surface area contributed by atoms with Crippen LogP contribution < -0.4 is 10.9 Å². The van der Waals surface area contributed by atoms with Gasteiger partial charge in [-0.05, 0) is 24.3 Å². The molecule has 1 aromatic heterocycles. The molecule has 26 heavy (non-hydrogen) atoms. The first-order valence-electron chi connectivity index (χ1n) is 7.50. The highest BCUT2D eigenvalue weighted by Crippen LogP contribution is 2.19. The Morgan fingerprint density at radius 1 is 1.23 bits per heavy atom. The second-order valence-corrected chi connectivity index (χ2v) is 7.67. The number of hydrogen-bond donors (Lipinski definition) is 1. The predicted molar refractivity (Wildman–Crippen MR) is 94.1 cm³/mol. The normalized spacial score (nSPS) is 11.5. The van der Waals surface area contributed by atoms with Gasteiger partial charge in [-0.2, -0.15) is 5.10 Å². The van der Waals surface area contributed by atoms with Gasteiger partial charge in [0.1, 0.15) is 12.4 Å². The molecule has 0 saturated carbocycles. The number of sulfone groups is 1. The number of benzene rings is 2. The minimum atomic E-state index is -3.55. The molecule has 0 saturated heterocycles. The van der Waals surface area contributed by atoms with Gasteiger partial charge < -0.3 is 5.32 Å². The van der Waals surface area contributed by atoms with Crippen molar-refractivity contribution in [2.24, 2.45) is 0 Å². The van der Waals surface area contributed by atoms with Gasteiger partial charge >= 0.3 is 0 Å². The van der Waals surface area contributed by atoms with Gasteiger partial charge in [-0.25, -0.2) is 17.5 Å². The van der Waals surface area contributed by atoms with E-state index in [1.165, 1.54) is 6.20 Å². The number of nitrogens with zero attached hydrogens (tertiary/aromatic N) is 2. The molecule has 0 aliphatic heterocycles. The van der Waals surface area contributed by atoms with E-state index >= 15 is 0 Å². The largest absolute Gasteiger partial charge is 0.322 e. The maximum atomic E-state index is 13.9. The van der Waals surface area contributed by atoms with Crippen molar-refractivity contribution in [1.82, 2.24) is 9.78 Å². The lowest BCUT2D eigenvalue weighted by Crippen LogP contribution is -2.29. The van der Waals surface area contributed by atoms with Crippen molar-refractivity contribution in [3.05, 3.63) is 64.8 Å². The number of carbonyl (C=O) groups is 1. The van der Waals surface area contributed by atoms with Crippen LogP contribution in [0, 0.1) is 5.82 Å². The molecule has 0 spiro atoms. The Kier molecular flexibility index (Phi) is 4.56. The standard InChI is InChI=1S/C17H14FN3O4S/c1-26(24,25)12-6-7-14(18)15(8-12)20-16(22)10-21-17(23)13-5-3-2-4-11(13)9-19-21/h2-9H,10H2,1H3,(H,20,22). The lowest BCUT2D eigenvalue weighted by molar-refractivity contribution is -0.117. The Bertz CT molecular complexity index is 1170. The summed E-state index contributed by atoms with van der Waals surface area (Å²) >= 11 is 0. The molecular formula is C17H14FN3O4S. The first kappa shape index (κ1) is 17.7. The molecule has 134 valence electrons. The summed E-state index contributed by atoms with van der Waals surface area (Å²) in [6.07, 6.45) is 2.43. The van der Waals surface area contributed by atoms with Crippen LogP contribution in [0.2, 0.25) is 0 Å². The molecule has 7 nitrogen and oxygen atoms in total. The van der Waals surface area contributed by atoms with Crippen LogP contribution in [0.15, 0.2) is 58.4 Å². The minimum Gasteiger partial charge on any atom is -0.322 e. The monoisotopic (exact) mass is 375 g/mol. The molecule has 2 aromatic carbocycles. The van der Waals surface area contributed by atoms with Crippen molar-refractivity contribution in [3.63, 3.8) is 0 Å². The number of nitrogens with one attached hydrogen (secondary N) is 1. The van der Waals surface area contributed by atoms with Crippen LogP contribution in [-0.2, 0) is 21.2 Å². The third-order valence-electron chi connectivity index (χ3n) is 3.70. The van der Waals surface area contributed by atoms with Crippen LogP contribution in [0.25, 0.3) is 10.8 Å². The summed E-state index contributed by atoms with van der Waals surface area (Å²) in [5.41, 5.74) is -0.740. The Balaban J connectivity index is 1.86. The SMILES string of the molecule is CS(=O)(=O)c1ccc(F)c(NC(=O)Cn2ncc3ccccc3c2=O)c1. The van der Waals surface area contributed by atoms with Crippen molar-refractivity contribution in [3.8, 4) is 0 Å². The van der Waals surface area contributed by atoms with E-state index in [0.29, 0.717) is 10.8 Å². The molecule has 0 bridgehead atoms. The van der Waals surface area contributed by atoms with E-state index in [1.54, 1.807) is 24.3 Å². The maximum Gasteiger partial charge on any atom is 0.275 e. The van der Waals surface area contributed by atoms with Crippen LogP contribution in [-0.4, -0.2) is 30.4 Å². The lowest BCUT2D eigenvalue weighted by atomic mass is 10.2. The third kappa shape index (κ3) is 3.62. The van der Waals surface area contributed by atoms with E-state index in [0.717, 1.165) is 29.1 Å². The van der Waals surface area contributed by atoms with E-state index < -0.39 is 33.7 Å². The number of hydrogen-bond acceptors (Lipinski definition) is 5. The molecule has 0 atom stereocenters. The van der Waals surface area contributed by atoms with Gasteiger partial charge in [-0.3, -0.25) is 9.59 Å². The summed E-state index contributed by atoms with van der Waals surface area (Å²) in [4.78, 5) is 24.4. The van der Waals surface area contributed by atoms with Gasteiger partial charge in [-0.15, -0.1) is 0 Å². The van der Waals surface area contributed by atoms with Crippen LogP contribution in [0.1, 0.15) is 0 Å².